The minimum Gasteiger partial charge on any atom is -0.372 e. The minimum absolute atomic E-state index is 0.0188. The van der Waals surface area contributed by atoms with E-state index in [0.717, 1.165) is 25.7 Å². The van der Waals surface area contributed by atoms with Crippen molar-refractivity contribution in [2.75, 3.05) is 18.9 Å². The molecule has 0 radical (unpaired) electrons. The van der Waals surface area contributed by atoms with E-state index in [-0.39, 0.29) is 10.9 Å². The number of nitrogens with one attached hydrogen (secondary N) is 1. The highest BCUT2D eigenvalue weighted by atomic mass is 35.5. The fraction of sp³-hybridized carbons (Fsp3) is 0.615. The van der Waals surface area contributed by atoms with Crippen molar-refractivity contribution < 1.29 is 8.42 Å². The molecule has 1 aliphatic heterocycles. The first-order valence-electron chi connectivity index (χ1n) is 6.82. The van der Waals surface area contributed by atoms with Gasteiger partial charge in [0.15, 0.2) is 0 Å². The molecule has 2 heterocycles. The summed E-state index contributed by atoms with van der Waals surface area (Å²) < 4.78 is 27.0. The van der Waals surface area contributed by atoms with Crippen LogP contribution in [0.2, 0.25) is 5.02 Å². The number of halogens is 1. The van der Waals surface area contributed by atoms with Crippen LogP contribution < -0.4 is 5.32 Å². The number of nitrogens with zero attached hydrogens (tertiary/aromatic N) is 2. The van der Waals surface area contributed by atoms with Gasteiger partial charge in [-0.3, -0.25) is 0 Å². The molecule has 1 saturated heterocycles. The van der Waals surface area contributed by atoms with Gasteiger partial charge in [-0.1, -0.05) is 24.4 Å². The highest BCUT2D eigenvalue weighted by molar-refractivity contribution is 7.89. The lowest BCUT2D eigenvalue weighted by Gasteiger charge is -2.26. The summed E-state index contributed by atoms with van der Waals surface area (Å²) in [5, 5.41) is 3.14. The molecule has 0 spiro atoms. The van der Waals surface area contributed by atoms with E-state index in [9.17, 15) is 8.42 Å². The highest BCUT2D eigenvalue weighted by Gasteiger charge is 2.30. The van der Waals surface area contributed by atoms with Gasteiger partial charge in [0.05, 0.1) is 5.02 Å². The van der Waals surface area contributed by atoms with Gasteiger partial charge in [-0.2, -0.15) is 4.31 Å². The number of sulfonamides is 1. The van der Waals surface area contributed by atoms with E-state index in [1.54, 1.807) is 11.4 Å². The van der Waals surface area contributed by atoms with Crippen molar-refractivity contribution in [3.63, 3.8) is 0 Å². The summed E-state index contributed by atoms with van der Waals surface area (Å²) >= 11 is 6.04. The first kappa shape index (κ1) is 15.5. The van der Waals surface area contributed by atoms with Crippen molar-refractivity contribution in [1.29, 1.82) is 0 Å². The monoisotopic (exact) mass is 317 g/mol. The Labute approximate surface area is 125 Å². The zero-order valence-corrected chi connectivity index (χ0v) is 13.3. The zero-order valence-electron chi connectivity index (χ0n) is 11.8. The second-order valence-electron chi connectivity index (χ2n) is 5.07. The van der Waals surface area contributed by atoms with E-state index in [2.05, 4.69) is 10.3 Å². The van der Waals surface area contributed by atoms with Gasteiger partial charge in [-0.25, -0.2) is 13.4 Å². The normalized spacial score (nSPS) is 21.4. The Balaban J connectivity index is 2.36. The maximum atomic E-state index is 12.7. The molecule has 1 aliphatic rings. The lowest BCUT2D eigenvalue weighted by atomic mass is 10.1. The Morgan fingerprint density at radius 2 is 2.15 bits per heavy atom. The van der Waals surface area contributed by atoms with E-state index < -0.39 is 10.0 Å². The van der Waals surface area contributed by atoms with Crippen molar-refractivity contribution in [2.45, 2.75) is 43.5 Å². The van der Waals surface area contributed by atoms with E-state index in [4.69, 9.17) is 11.6 Å². The molecule has 0 saturated carbocycles. The van der Waals surface area contributed by atoms with Crippen LogP contribution in [0.1, 0.15) is 32.6 Å². The summed E-state index contributed by atoms with van der Waals surface area (Å²) in [6.07, 6.45) is 5.32. The molecule has 1 N–H and O–H groups in total. The van der Waals surface area contributed by atoms with Crippen LogP contribution in [0, 0.1) is 0 Å². The van der Waals surface area contributed by atoms with Crippen LogP contribution >= 0.6 is 11.6 Å². The maximum absolute atomic E-state index is 12.7. The predicted octanol–water partition coefficient (Wildman–Crippen LogP) is 2.73. The quantitative estimate of drug-likeness (QED) is 0.931. The van der Waals surface area contributed by atoms with Gasteiger partial charge in [0.1, 0.15) is 10.7 Å². The van der Waals surface area contributed by atoms with Gasteiger partial charge in [0, 0.05) is 25.8 Å². The largest absolute Gasteiger partial charge is 0.372 e. The molecule has 1 atom stereocenters. The Bertz CT molecular complexity index is 577. The number of anilines is 1. The maximum Gasteiger partial charge on any atom is 0.244 e. The average molecular weight is 318 g/mol. The third-order valence-corrected chi connectivity index (χ3v) is 5.92. The van der Waals surface area contributed by atoms with Crippen LogP contribution in [0.3, 0.4) is 0 Å². The standard InChI is InChI=1S/C13H20ClN3O2S/c1-10-6-4-3-5-7-17(10)20(18,19)11-8-12(14)13(15-2)16-9-11/h8-10H,3-7H2,1-2H3,(H,15,16). The van der Waals surface area contributed by atoms with E-state index in [1.165, 1.54) is 12.3 Å². The van der Waals surface area contributed by atoms with Gasteiger partial charge in [0.2, 0.25) is 10.0 Å². The summed E-state index contributed by atoms with van der Waals surface area (Å²) in [7, 11) is -1.83. The molecule has 7 heteroatoms. The Kier molecular flexibility index (Phi) is 4.88. The second kappa shape index (κ2) is 6.28. The topological polar surface area (TPSA) is 62.3 Å². The van der Waals surface area contributed by atoms with Crippen LogP contribution in [-0.4, -0.2) is 37.3 Å². The lowest BCUT2D eigenvalue weighted by Crippen LogP contribution is -2.38. The molecule has 5 nitrogen and oxygen atoms in total. The summed E-state index contributed by atoms with van der Waals surface area (Å²) in [6, 6.07) is 1.48. The molecule has 20 heavy (non-hydrogen) atoms. The van der Waals surface area contributed by atoms with Crippen molar-refractivity contribution in [3.8, 4) is 0 Å². The minimum atomic E-state index is -3.52. The van der Waals surface area contributed by atoms with Gasteiger partial charge in [0.25, 0.3) is 0 Å². The molecule has 0 aliphatic carbocycles. The SMILES string of the molecule is CNc1ncc(S(=O)(=O)N2CCCCCC2C)cc1Cl. The molecule has 1 fully saturated rings. The number of aromatic nitrogens is 1. The molecule has 1 aromatic rings. The first-order valence-corrected chi connectivity index (χ1v) is 8.63. The molecular formula is C13H20ClN3O2S. The lowest BCUT2D eigenvalue weighted by molar-refractivity contribution is 0.342. The molecule has 1 aromatic heterocycles. The van der Waals surface area contributed by atoms with E-state index >= 15 is 0 Å². The molecule has 0 amide bonds. The van der Waals surface area contributed by atoms with E-state index in [1.807, 2.05) is 6.92 Å². The van der Waals surface area contributed by atoms with Gasteiger partial charge in [-0.05, 0) is 25.8 Å². The van der Waals surface area contributed by atoms with Crippen LogP contribution in [0.25, 0.3) is 0 Å². The number of pyridine rings is 1. The number of hydrogen-bond acceptors (Lipinski definition) is 4. The van der Waals surface area contributed by atoms with E-state index in [0.29, 0.717) is 17.4 Å². The average Bonchev–Trinajstić information content (AvgIpc) is 2.63. The molecule has 0 bridgehead atoms. The predicted molar refractivity (Wildman–Crippen MR) is 80.6 cm³/mol. The number of hydrogen-bond donors (Lipinski definition) is 1. The second-order valence-corrected chi connectivity index (χ2v) is 7.36. The molecule has 112 valence electrons. The third-order valence-electron chi connectivity index (χ3n) is 3.65. The molecular weight excluding hydrogens is 298 g/mol. The van der Waals surface area contributed by atoms with Gasteiger partial charge in [-0.15, -0.1) is 0 Å². The summed E-state index contributed by atoms with van der Waals surface area (Å²) in [4.78, 5) is 4.22. The van der Waals surface area contributed by atoms with Crippen molar-refractivity contribution in [2.24, 2.45) is 0 Å². The zero-order chi connectivity index (χ0) is 14.8. The van der Waals surface area contributed by atoms with Crippen LogP contribution in [0.5, 0.6) is 0 Å². The van der Waals surface area contributed by atoms with Crippen molar-refractivity contribution in [1.82, 2.24) is 9.29 Å². The van der Waals surface area contributed by atoms with Crippen LogP contribution in [-0.2, 0) is 10.0 Å². The first-order chi connectivity index (χ1) is 9.46. The molecule has 2 rings (SSSR count). The number of rotatable bonds is 3. The molecule has 1 unspecified atom stereocenters. The van der Waals surface area contributed by atoms with Gasteiger partial charge < -0.3 is 5.32 Å². The Morgan fingerprint density at radius 1 is 1.40 bits per heavy atom. The summed E-state index contributed by atoms with van der Waals surface area (Å²) in [5.74, 6) is 0.481. The third kappa shape index (κ3) is 3.07. The van der Waals surface area contributed by atoms with Crippen molar-refractivity contribution in [3.05, 3.63) is 17.3 Å². The summed E-state index contributed by atoms with van der Waals surface area (Å²) in [6.45, 7) is 2.52. The Hall–Kier alpha value is -0.850. The highest BCUT2D eigenvalue weighted by Crippen LogP contribution is 2.27. The fourth-order valence-corrected chi connectivity index (χ4v) is 4.48. The van der Waals surface area contributed by atoms with Crippen molar-refractivity contribution >= 4 is 27.4 Å². The smallest absolute Gasteiger partial charge is 0.244 e. The van der Waals surface area contributed by atoms with Crippen LogP contribution in [0.4, 0.5) is 5.82 Å². The van der Waals surface area contributed by atoms with Gasteiger partial charge >= 0.3 is 0 Å². The Morgan fingerprint density at radius 3 is 2.80 bits per heavy atom. The summed E-state index contributed by atoms with van der Waals surface area (Å²) in [5.41, 5.74) is 0. The molecule has 0 aromatic carbocycles. The fourth-order valence-electron chi connectivity index (χ4n) is 2.49. The van der Waals surface area contributed by atoms with Crippen LogP contribution in [0.15, 0.2) is 17.2 Å².